The number of hydrogen-bond donors (Lipinski definition) is 1. The highest BCUT2D eigenvalue weighted by atomic mass is 16.5. The number of hydrogen-bond acceptors (Lipinski definition) is 4. The van der Waals surface area contributed by atoms with Gasteiger partial charge in [-0.25, -0.2) is 0 Å². The zero-order valence-electron chi connectivity index (χ0n) is 12.9. The van der Waals surface area contributed by atoms with Crippen molar-refractivity contribution in [3.63, 3.8) is 0 Å². The van der Waals surface area contributed by atoms with Gasteiger partial charge in [0.1, 0.15) is 0 Å². The minimum Gasteiger partial charge on any atom is -0.469 e. The highest BCUT2D eigenvalue weighted by Crippen LogP contribution is 2.31. The summed E-state index contributed by atoms with van der Waals surface area (Å²) in [4.78, 5) is 14.0. The van der Waals surface area contributed by atoms with Crippen LogP contribution in [0.1, 0.15) is 51.4 Å². The fourth-order valence-electron chi connectivity index (χ4n) is 3.76. The van der Waals surface area contributed by atoms with E-state index >= 15 is 0 Å². The van der Waals surface area contributed by atoms with Crippen molar-refractivity contribution in [2.75, 3.05) is 13.8 Å². The Hall–Kier alpha value is -1.45. The monoisotopic (exact) mass is 290 g/mol. The maximum absolute atomic E-state index is 11.6. The van der Waals surface area contributed by atoms with E-state index < -0.39 is 0 Å². The summed E-state index contributed by atoms with van der Waals surface area (Å²) in [6.07, 6.45) is 13.9. The number of rotatable bonds is 3. The topological polar surface area (TPSA) is 41.6 Å². The third kappa shape index (κ3) is 3.25. The Labute approximate surface area is 127 Å². The summed E-state index contributed by atoms with van der Waals surface area (Å²) in [5, 5.41) is 3.55. The lowest BCUT2D eigenvalue weighted by Crippen LogP contribution is -2.37. The smallest absolute Gasteiger partial charge is 0.308 e. The Morgan fingerprint density at radius 3 is 2.76 bits per heavy atom. The number of carbonyl (C=O) groups excluding carboxylic acids is 1. The van der Waals surface area contributed by atoms with Crippen molar-refractivity contribution in [2.24, 2.45) is 5.92 Å². The molecule has 0 spiro atoms. The summed E-state index contributed by atoms with van der Waals surface area (Å²) in [5.74, 6) is 0.0860. The maximum Gasteiger partial charge on any atom is 0.308 e. The van der Waals surface area contributed by atoms with Crippen LogP contribution in [0.25, 0.3) is 0 Å². The molecule has 3 rings (SSSR count). The molecule has 0 aromatic heterocycles. The fraction of sp³-hybridized carbons (Fsp3) is 0.706. The van der Waals surface area contributed by atoms with Gasteiger partial charge >= 0.3 is 5.97 Å². The first-order chi connectivity index (χ1) is 10.3. The lowest BCUT2D eigenvalue weighted by atomic mass is 9.85. The minimum absolute atomic E-state index is 0.0309. The largest absolute Gasteiger partial charge is 0.469 e. The quantitative estimate of drug-likeness (QED) is 0.812. The molecule has 4 nitrogen and oxygen atoms in total. The maximum atomic E-state index is 11.6. The molecule has 21 heavy (non-hydrogen) atoms. The molecule has 1 N–H and O–H groups in total. The van der Waals surface area contributed by atoms with E-state index in [-0.39, 0.29) is 11.9 Å². The molecule has 0 aromatic carbocycles. The summed E-state index contributed by atoms with van der Waals surface area (Å²) in [5.41, 5.74) is 2.82. The second-order valence-corrected chi connectivity index (χ2v) is 6.40. The highest BCUT2D eigenvalue weighted by molar-refractivity contribution is 5.72. The Kier molecular flexibility index (Phi) is 4.51. The molecule has 1 fully saturated rings. The molecule has 0 radical (unpaired) electrons. The molecular weight excluding hydrogens is 264 g/mol. The molecule has 116 valence electrons. The molecule has 0 aromatic rings. The SMILES string of the molecule is COC(=O)[C@H]1CC[C@@H](N2C=C(C3=CCCCC3)NC2)CC1. The van der Waals surface area contributed by atoms with Gasteiger partial charge in [-0.1, -0.05) is 6.08 Å². The number of carbonyl (C=O) groups is 1. The molecule has 4 heteroatoms. The second-order valence-electron chi connectivity index (χ2n) is 6.40. The molecule has 0 amide bonds. The standard InChI is InChI=1S/C17H26N2O2/c1-21-17(20)14-7-9-15(10-8-14)19-11-16(18-12-19)13-5-3-2-4-6-13/h5,11,14-15,18H,2-4,6-10,12H2,1H3/t14-,15+. The number of ether oxygens (including phenoxy) is 1. The number of allylic oxidation sites excluding steroid dienone is 2. The molecule has 2 aliphatic carbocycles. The normalized spacial score (nSPS) is 29.5. The van der Waals surface area contributed by atoms with E-state index in [1.165, 1.54) is 44.1 Å². The average molecular weight is 290 g/mol. The van der Waals surface area contributed by atoms with Gasteiger partial charge in [0.2, 0.25) is 0 Å². The second kappa shape index (κ2) is 6.54. The third-order valence-corrected chi connectivity index (χ3v) is 5.08. The van der Waals surface area contributed by atoms with Crippen LogP contribution in [0.5, 0.6) is 0 Å². The van der Waals surface area contributed by atoms with Crippen LogP contribution in [0, 0.1) is 5.92 Å². The molecule has 0 saturated heterocycles. The number of nitrogens with one attached hydrogen (secondary N) is 1. The molecule has 1 aliphatic heterocycles. The van der Waals surface area contributed by atoms with Crippen LogP contribution in [0.3, 0.4) is 0 Å². The van der Waals surface area contributed by atoms with Gasteiger partial charge in [0.05, 0.1) is 25.4 Å². The first-order valence-electron chi connectivity index (χ1n) is 8.26. The number of methoxy groups -OCH3 is 1. The van der Waals surface area contributed by atoms with Crippen molar-refractivity contribution >= 4 is 5.97 Å². The third-order valence-electron chi connectivity index (χ3n) is 5.08. The Morgan fingerprint density at radius 1 is 1.29 bits per heavy atom. The van der Waals surface area contributed by atoms with Gasteiger partial charge in [0.15, 0.2) is 0 Å². The molecule has 0 atom stereocenters. The zero-order valence-corrected chi connectivity index (χ0v) is 12.9. The van der Waals surface area contributed by atoms with E-state index in [0.29, 0.717) is 6.04 Å². The highest BCUT2D eigenvalue weighted by Gasteiger charge is 2.30. The van der Waals surface area contributed by atoms with Gasteiger partial charge in [0, 0.05) is 12.2 Å². The molecule has 1 heterocycles. The summed E-state index contributed by atoms with van der Waals surface area (Å²) in [7, 11) is 1.49. The van der Waals surface area contributed by atoms with Crippen LogP contribution in [0.4, 0.5) is 0 Å². The Balaban J connectivity index is 1.56. The van der Waals surface area contributed by atoms with Gasteiger partial charge in [-0.05, 0) is 56.9 Å². The van der Waals surface area contributed by atoms with Crippen LogP contribution >= 0.6 is 0 Å². The number of nitrogens with zero attached hydrogens (tertiary/aromatic N) is 1. The zero-order chi connectivity index (χ0) is 14.7. The van der Waals surface area contributed by atoms with E-state index in [1.807, 2.05) is 0 Å². The van der Waals surface area contributed by atoms with Gasteiger partial charge < -0.3 is 15.0 Å². The molecular formula is C17H26N2O2. The lowest BCUT2D eigenvalue weighted by molar-refractivity contribution is -0.146. The van der Waals surface area contributed by atoms with Gasteiger partial charge in [-0.3, -0.25) is 4.79 Å². The van der Waals surface area contributed by atoms with Crippen molar-refractivity contribution < 1.29 is 9.53 Å². The Morgan fingerprint density at radius 2 is 2.10 bits per heavy atom. The van der Waals surface area contributed by atoms with Crippen LogP contribution in [0.15, 0.2) is 23.5 Å². The van der Waals surface area contributed by atoms with Gasteiger partial charge in [0.25, 0.3) is 0 Å². The summed E-state index contributed by atoms with van der Waals surface area (Å²) < 4.78 is 4.86. The molecule has 0 bridgehead atoms. The summed E-state index contributed by atoms with van der Waals surface area (Å²) >= 11 is 0. The first kappa shape index (κ1) is 14.5. The molecule has 1 saturated carbocycles. The van der Waals surface area contributed by atoms with Crippen molar-refractivity contribution in [2.45, 2.75) is 57.4 Å². The fourth-order valence-corrected chi connectivity index (χ4v) is 3.76. The summed E-state index contributed by atoms with van der Waals surface area (Å²) in [6, 6.07) is 0.570. The van der Waals surface area contributed by atoms with E-state index in [9.17, 15) is 4.79 Å². The van der Waals surface area contributed by atoms with Gasteiger partial charge in [-0.2, -0.15) is 0 Å². The van der Waals surface area contributed by atoms with Crippen LogP contribution in [-0.2, 0) is 9.53 Å². The van der Waals surface area contributed by atoms with Crippen LogP contribution in [0.2, 0.25) is 0 Å². The first-order valence-corrected chi connectivity index (χ1v) is 8.26. The minimum atomic E-state index is -0.0309. The molecule has 3 aliphatic rings. The van der Waals surface area contributed by atoms with Crippen molar-refractivity contribution in [1.82, 2.24) is 10.2 Å². The van der Waals surface area contributed by atoms with Crippen LogP contribution < -0.4 is 5.32 Å². The van der Waals surface area contributed by atoms with E-state index in [1.54, 1.807) is 0 Å². The number of esters is 1. The van der Waals surface area contributed by atoms with Crippen molar-refractivity contribution in [1.29, 1.82) is 0 Å². The predicted octanol–water partition coefficient (Wildman–Crippen LogP) is 2.92. The van der Waals surface area contributed by atoms with Gasteiger partial charge in [-0.15, -0.1) is 0 Å². The Bertz CT molecular complexity index is 448. The lowest BCUT2D eigenvalue weighted by Gasteiger charge is -2.33. The van der Waals surface area contributed by atoms with Crippen LogP contribution in [-0.4, -0.2) is 30.7 Å². The van der Waals surface area contributed by atoms with E-state index in [4.69, 9.17) is 4.74 Å². The average Bonchev–Trinajstić information content (AvgIpc) is 3.05. The van der Waals surface area contributed by atoms with E-state index in [2.05, 4.69) is 22.5 Å². The van der Waals surface area contributed by atoms with E-state index in [0.717, 1.165) is 32.4 Å². The van der Waals surface area contributed by atoms with Crippen molar-refractivity contribution in [3.05, 3.63) is 23.5 Å². The predicted molar refractivity (Wildman–Crippen MR) is 82.2 cm³/mol. The van der Waals surface area contributed by atoms with Crippen molar-refractivity contribution in [3.8, 4) is 0 Å². The molecule has 0 unspecified atom stereocenters. The summed E-state index contributed by atoms with van der Waals surface area (Å²) in [6.45, 7) is 0.917.